The monoisotopic (exact) mass is 366 g/mol. The molecular weight excluding hydrogens is 340 g/mol. The van der Waals surface area contributed by atoms with Crippen molar-refractivity contribution in [3.8, 4) is 0 Å². The summed E-state index contributed by atoms with van der Waals surface area (Å²) in [7, 11) is 0. The minimum absolute atomic E-state index is 0.0321. The highest BCUT2D eigenvalue weighted by Crippen LogP contribution is 2.40. The number of carbonyl (C=O) groups is 2. The van der Waals surface area contributed by atoms with Gasteiger partial charge in [-0.25, -0.2) is 4.79 Å². The van der Waals surface area contributed by atoms with Crippen molar-refractivity contribution >= 4 is 22.8 Å². The first-order valence-corrected chi connectivity index (χ1v) is 9.72. The zero-order valence-corrected chi connectivity index (χ0v) is 16.1. The molecule has 5 nitrogen and oxygen atoms in total. The second-order valence-corrected chi connectivity index (χ2v) is 8.72. The molecule has 2 saturated heterocycles. The Bertz CT molecular complexity index is 873. The summed E-state index contributed by atoms with van der Waals surface area (Å²) < 4.78 is 5.58. The van der Waals surface area contributed by atoms with E-state index in [4.69, 9.17) is 4.74 Å². The van der Waals surface area contributed by atoms with E-state index in [0.717, 1.165) is 42.1 Å². The van der Waals surface area contributed by atoms with E-state index in [2.05, 4.69) is 4.98 Å². The van der Waals surface area contributed by atoms with Crippen LogP contribution in [0.25, 0.3) is 10.9 Å². The van der Waals surface area contributed by atoms with E-state index >= 15 is 0 Å². The Morgan fingerprint density at radius 1 is 1.11 bits per heavy atom. The zero-order chi connectivity index (χ0) is 19.2. The lowest BCUT2D eigenvalue weighted by atomic mass is 9.84. The van der Waals surface area contributed by atoms with Crippen LogP contribution in [-0.2, 0) is 4.74 Å². The molecule has 3 heterocycles. The number of fused-ring (bicyclic) bond motifs is 3. The lowest BCUT2D eigenvalue weighted by molar-refractivity contribution is 0.00254. The molecule has 0 saturated carbocycles. The Labute approximate surface area is 159 Å². The van der Waals surface area contributed by atoms with Gasteiger partial charge in [-0.05, 0) is 70.7 Å². The number of hydrogen-bond donors (Lipinski definition) is 0. The summed E-state index contributed by atoms with van der Waals surface area (Å²) in [5.41, 5.74) is 1.14. The number of benzene rings is 1. The summed E-state index contributed by atoms with van der Waals surface area (Å²) in [6, 6.07) is 9.80. The van der Waals surface area contributed by atoms with Crippen molar-refractivity contribution in [2.75, 3.05) is 0 Å². The second-order valence-electron chi connectivity index (χ2n) is 8.72. The number of hydrogen-bond acceptors (Lipinski definition) is 4. The van der Waals surface area contributed by atoms with Crippen molar-refractivity contribution in [1.82, 2.24) is 9.88 Å². The minimum Gasteiger partial charge on any atom is -0.444 e. The molecular formula is C22H26N2O3. The molecule has 5 heteroatoms. The van der Waals surface area contributed by atoms with Crippen LogP contribution in [-0.4, -0.2) is 39.4 Å². The molecule has 2 aliphatic heterocycles. The van der Waals surface area contributed by atoms with Crippen molar-refractivity contribution in [1.29, 1.82) is 0 Å². The van der Waals surface area contributed by atoms with E-state index in [0.29, 0.717) is 0 Å². The van der Waals surface area contributed by atoms with E-state index in [-0.39, 0.29) is 29.9 Å². The Morgan fingerprint density at radius 2 is 1.81 bits per heavy atom. The number of pyridine rings is 1. The van der Waals surface area contributed by atoms with Gasteiger partial charge in [0.25, 0.3) is 0 Å². The van der Waals surface area contributed by atoms with E-state index < -0.39 is 5.60 Å². The third kappa shape index (κ3) is 3.55. The van der Waals surface area contributed by atoms with E-state index in [1.165, 1.54) is 0 Å². The van der Waals surface area contributed by atoms with Crippen LogP contribution in [0, 0.1) is 5.92 Å². The lowest BCUT2D eigenvalue weighted by Gasteiger charge is -2.39. The smallest absolute Gasteiger partial charge is 0.410 e. The first-order chi connectivity index (χ1) is 12.8. The summed E-state index contributed by atoms with van der Waals surface area (Å²) in [6.45, 7) is 5.66. The van der Waals surface area contributed by atoms with Crippen LogP contribution in [0.2, 0.25) is 0 Å². The maximum atomic E-state index is 13.1. The third-order valence-corrected chi connectivity index (χ3v) is 5.60. The van der Waals surface area contributed by atoms with E-state index in [9.17, 15) is 9.59 Å². The highest BCUT2D eigenvalue weighted by molar-refractivity contribution is 6.01. The van der Waals surface area contributed by atoms with Gasteiger partial charge in [0.05, 0.1) is 5.52 Å². The molecule has 2 fully saturated rings. The molecule has 0 spiro atoms. The van der Waals surface area contributed by atoms with Crippen LogP contribution in [0.4, 0.5) is 4.79 Å². The van der Waals surface area contributed by atoms with Crippen molar-refractivity contribution in [2.24, 2.45) is 5.92 Å². The van der Waals surface area contributed by atoms with Crippen molar-refractivity contribution < 1.29 is 14.3 Å². The fourth-order valence-corrected chi connectivity index (χ4v) is 4.47. The number of rotatable bonds is 2. The highest BCUT2D eigenvalue weighted by Gasteiger charge is 2.46. The SMILES string of the molecule is CC(C)(C)OC(=O)N1C2CCC1CC(C(=O)c1ccc3ncccc3c1)C2. The summed E-state index contributed by atoms with van der Waals surface area (Å²) >= 11 is 0. The third-order valence-electron chi connectivity index (χ3n) is 5.60. The molecule has 0 aliphatic carbocycles. The Balaban J connectivity index is 1.50. The van der Waals surface area contributed by atoms with Gasteiger partial charge in [0.1, 0.15) is 5.60 Å². The molecule has 2 aromatic rings. The zero-order valence-electron chi connectivity index (χ0n) is 16.1. The standard InChI is InChI=1S/C22H26N2O3/c1-22(2,3)27-21(26)24-17-7-8-18(24)13-16(12-17)20(25)15-6-9-19-14(11-15)5-4-10-23-19/h4-6,9-11,16-18H,7-8,12-13H2,1-3H3. The molecule has 4 rings (SSSR count). The molecule has 2 unspecified atom stereocenters. The van der Waals surface area contributed by atoms with Crippen LogP contribution < -0.4 is 0 Å². The molecule has 1 aromatic heterocycles. The van der Waals surface area contributed by atoms with Crippen LogP contribution in [0.5, 0.6) is 0 Å². The van der Waals surface area contributed by atoms with Crippen LogP contribution in [0.15, 0.2) is 36.5 Å². The largest absolute Gasteiger partial charge is 0.444 e. The Kier molecular flexibility index (Phi) is 4.41. The molecule has 27 heavy (non-hydrogen) atoms. The molecule has 2 aliphatic rings. The van der Waals surface area contributed by atoms with E-state index in [1.807, 2.05) is 56.0 Å². The minimum atomic E-state index is -0.498. The molecule has 2 atom stereocenters. The topological polar surface area (TPSA) is 59.5 Å². The molecule has 142 valence electrons. The van der Waals surface area contributed by atoms with Gasteiger partial charge in [0.2, 0.25) is 0 Å². The summed E-state index contributed by atoms with van der Waals surface area (Å²) in [6.07, 6.45) is 4.87. The average molecular weight is 366 g/mol. The maximum absolute atomic E-state index is 13.1. The Morgan fingerprint density at radius 3 is 2.48 bits per heavy atom. The van der Waals surface area contributed by atoms with Gasteiger partial charge in [0.15, 0.2) is 5.78 Å². The van der Waals surface area contributed by atoms with Gasteiger partial charge in [0, 0.05) is 35.1 Å². The fraction of sp³-hybridized carbons (Fsp3) is 0.500. The van der Waals surface area contributed by atoms with Crippen LogP contribution in [0.1, 0.15) is 56.8 Å². The van der Waals surface area contributed by atoms with Crippen molar-refractivity contribution in [2.45, 2.75) is 64.1 Å². The quantitative estimate of drug-likeness (QED) is 0.729. The fourth-order valence-electron chi connectivity index (χ4n) is 4.47. The highest BCUT2D eigenvalue weighted by atomic mass is 16.6. The van der Waals surface area contributed by atoms with Crippen LogP contribution >= 0.6 is 0 Å². The lowest BCUT2D eigenvalue weighted by Crippen LogP contribution is -2.49. The van der Waals surface area contributed by atoms with Gasteiger partial charge in [-0.1, -0.05) is 6.07 Å². The summed E-state index contributed by atoms with van der Waals surface area (Å²) in [5, 5.41) is 0.984. The molecule has 1 aromatic carbocycles. The normalized spacial score (nSPS) is 24.9. The number of Topliss-reactive ketones (excluding diaryl/α,β-unsaturated/α-hetero) is 1. The first-order valence-electron chi connectivity index (χ1n) is 9.72. The molecule has 2 bridgehead atoms. The second kappa shape index (κ2) is 6.63. The number of carbonyl (C=O) groups excluding carboxylic acids is 2. The van der Waals surface area contributed by atoms with Gasteiger partial charge >= 0.3 is 6.09 Å². The maximum Gasteiger partial charge on any atom is 0.410 e. The predicted molar refractivity (Wildman–Crippen MR) is 104 cm³/mol. The van der Waals surface area contributed by atoms with Crippen molar-refractivity contribution in [3.05, 3.63) is 42.1 Å². The number of amides is 1. The van der Waals surface area contributed by atoms with E-state index in [1.54, 1.807) is 6.20 Å². The number of ether oxygens (including phenoxy) is 1. The average Bonchev–Trinajstić information content (AvgIpc) is 2.89. The number of ketones is 1. The summed E-state index contributed by atoms with van der Waals surface area (Å²) in [5.74, 6) is 0.150. The first kappa shape index (κ1) is 18.0. The number of aromatic nitrogens is 1. The molecule has 0 radical (unpaired) electrons. The van der Waals surface area contributed by atoms with Crippen molar-refractivity contribution in [3.63, 3.8) is 0 Å². The van der Waals surface area contributed by atoms with Crippen LogP contribution in [0.3, 0.4) is 0 Å². The summed E-state index contributed by atoms with van der Waals surface area (Å²) in [4.78, 5) is 31.9. The Hall–Kier alpha value is -2.43. The van der Waals surface area contributed by atoms with Gasteiger partial charge in [-0.3, -0.25) is 9.78 Å². The molecule has 1 amide bonds. The number of piperidine rings is 1. The van der Waals surface area contributed by atoms with Gasteiger partial charge in [-0.2, -0.15) is 0 Å². The predicted octanol–water partition coefficient (Wildman–Crippen LogP) is 4.60. The number of nitrogens with zero attached hydrogens (tertiary/aromatic N) is 2. The molecule has 0 N–H and O–H groups in total. The van der Waals surface area contributed by atoms with Gasteiger partial charge < -0.3 is 9.64 Å². The van der Waals surface area contributed by atoms with Gasteiger partial charge in [-0.15, -0.1) is 0 Å².